The summed E-state index contributed by atoms with van der Waals surface area (Å²) in [6.07, 6.45) is 0. The quantitative estimate of drug-likeness (QED) is 0.641. The van der Waals surface area contributed by atoms with Gasteiger partial charge in [-0.3, -0.25) is 14.5 Å². The number of amides is 2. The molecule has 2 unspecified atom stereocenters. The van der Waals surface area contributed by atoms with E-state index in [-0.39, 0.29) is 36.2 Å². The second-order valence-corrected chi connectivity index (χ2v) is 4.58. The minimum atomic E-state index is -0.203. The highest BCUT2D eigenvalue weighted by Crippen LogP contribution is 2.52. The molecule has 2 rings (SSSR count). The van der Waals surface area contributed by atoms with Gasteiger partial charge in [0.05, 0.1) is 11.8 Å². The second kappa shape index (κ2) is 3.05. The first-order chi connectivity index (χ1) is 6.57. The molecule has 2 amide bonds. The molecule has 0 spiro atoms. The standard InChI is InChI=1S/C10H15NO3/c1-5(2)3-11-9(13)7-6(4-12)8(7)10(11)14/h5-8,12H,3-4H2,1-2H3. The van der Waals surface area contributed by atoms with Crippen molar-refractivity contribution in [3.63, 3.8) is 0 Å². The third-order valence-corrected chi connectivity index (χ3v) is 3.03. The van der Waals surface area contributed by atoms with Crippen molar-refractivity contribution in [3.8, 4) is 0 Å². The lowest BCUT2D eigenvalue weighted by Gasteiger charge is -2.19. The van der Waals surface area contributed by atoms with Crippen molar-refractivity contribution in [2.24, 2.45) is 23.7 Å². The van der Waals surface area contributed by atoms with E-state index in [9.17, 15) is 9.59 Å². The Kier molecular flexibility index (Phi) is 2.10. The minimum Gasteiger partial charge on any atom is -0.396 e. The van der Waals surface area contributed by atoms with Gasteiger partial charge in [0.1, 0.15) is 0 Å². The van der Waals surface area contributed by atoms with Crippen molar-refractivity contribution in [2.45, 2.75) is 13.8 Å². The van der Waals surface area contributed by atoms with Gasteiger partial charge in [0.25, 0.3) is 0 Å². The van der Waals surface area contributed by atoms with Gasteiger partial charge in [-0.05, 0) is 5.92 Å². The number of piperidine rings is 1. The first-order valence-electron chi connectivity index (χ1n) is 5.04. The van der Waals surface area contributed by atoms with Gasteiger partial charge in [0.2, 0.25) is 11.8 Å². The van der Waals surface area contributed by atoms with Gasteiger partial charge in [0, 0.05) is 19.1 Å². The zero-order chi connectivity index (χ0) is 10.5. The molecular formula is C10H15NO3. The summed E-state index contributed by atoms with van der Waals surface area (Å²) < 4.78 is 0. The Morgan fingerprint density at radius 2 is 1.79 bits per heavy atom. The first-order valence-corrected chi connectivity index (χ1v) is 5.04. The number of aliphatic hydroxyl groups excluding tert-OH is 1. The number of aliphatic hydroxyl groups is 1. The van der Waals surface area contributed by atoms with Crippen LogP contribution >= 0.6 is 0 Å². The van der Waals surface area contributed by atoms with E-state index in [1.807, 2.05) is 13.8 Å². The number of nitrogens with zero attached hydrogens (tertiary/aromatic N) is 1. The van der Waals surface area contributed by atoms with Crippen LogP contribution < -0.4 is 0 Å². The molecule has 1 heterocycles. The molecule has 1 aliphatic heterocycles. The highest BCUT2D eigenvalue weighted by atomic mass is 16.3. The fourth-order valence-electron chi connectivity index (χ4n) is 2.29. The Balaban J connectivity index is 2.06. The third-order valence-electron chi connectivity index (χ3n) is 3.03. The highest BCUT2D eigenvalue weighted by Gasteiger charge is 2.66. The molecule has 0 aromatic rings. The van der Waals surface area contributed by atoms with E-state index in [2.05, 4.69) is 0 Å². The summed E-state index contributed by atoms with van der Waals surface area (Å²) >= 11 is 0. The van der Waals surface area contributed by atoms with Crippen LogP contribution in [0, 0.1) is 23.7 Å². The number of hydrogen-bond donors (Lipinski definition) is 1. The fourth-order valence-corrected chi connectivity index (χ4v) is 2.29. The monoisotopic (exact) mass is 197 g/mol. The fraction of sp³-hybridized carbons (Fsp3) is 0.800. The van der Waals surface area contributed by atoms with Crippen LogP contribution in [0.1, 0.15) is 13.8 Å². The van der Waals surface area contributed by atoms with Gasteiger partial charge in [-0.1, -0.05) is 13.8 Å². The molecule has 2 fully saturated rings. The molecule has 4 heteroatoms. The van der Waals surface area contributed by atoms with Crippen molar-refractivity contribution in [1.82, 2.24) is 4.90 Å². The SMILES string of the molecule is CC(C)CN1C(=O)C2C(CO)C2C1=O. The lowest BCUT2D eigenvalue weighted by atomic mass is 10.2. The van der Waals surface area contributed by atoms with Crippen molar-refractivity contribution >= 4 is 11.8 Å². The van der Waals surface area contributed by atoms with Gasteiger partial charge < -0.3 is 5.11 Å². The number of imide groups is 1. The summed E-state index contributed by atoms with van der Waals surface area (Å²) in [6, 6.07) is 0. The van der Waals surface area contributed by atoms with Crippen LogP contribution in [0.15, 0.2) is 0 Å². The van der Waals surface area contributed by atoms with Crippen molar-refractivity contribution in [3.05, 3.63) is 0 Å². The summed E-state index contributed by atoms with van der Waals surface area (Å²) in [5.41, 5.74) is 0. The number of carbonyl (C=O) groups is 2. The lowest BCUT2D eigenvalue weighted by molar-refractivity contribution is -0.143. The molecule has 1 aliphatic carbocycles. The van der Waals surface area contributed by atoms with E-state index in [0.717, 1.165) is 0 Å². The number of fused-ring (bicyclic) bond motifs is 1. The van der Waals surface area contributed by atoms with Crippen LogP contribution in [0.2, 0.25) is 0 Å². The average Bonchev–Trinajstić information content (AvgIpc) is 2.79. The smallest absolute Gasteiger partial charge is 0.233 e. The molecule has 0 bridgehead atoms. The predicted octanol–water partition coefficient (Wildman–Crippen LogP) is -0.134. The highest BCUT2D eigenvalue weighted by molar-refractivity contribution is 6.09. The zero-order valence-corrected chi connectivity index (χ0v) is 8.43. The predicted molar refractivity (Wildman–Crippen MR) is 49.1 cm³/mol. The van der Waals surface area contributed by atoms with Crippen LogP contribution in [0.4, 0.5) is 0 Å². The van der Waals surface area contributed by atoms with Crippen molar-refractivity contribution < 1.29 is 14.7 Å². The Hall–Kier alpha value is -0.900. The molecule has 4 nitrogen and oxygen atoms in total. The second-order valence-electron chi connectivity index (χ2n) is 4.58. The largest absolute Gasteiger partial charge is 0.396 e. The maximum absolute atomic E-state index is 11.7. The van der Waals surface area contributed by atoms with Crippen LogP contribution in [0.3, 0.4) is 0 Å². The maximum atomic E-state index is 11.7. The summed E-state index contributed by atoms with van der Waals surface area (Å²) in [5.74, 6) is -0.329. The van der Waals surface area contributed by atoms with Gasteiger partial charge in [0.15, 0.2) is 0 Å². The maximum Gasteiger partial charge on any atom is 0.233 e. The summed E-state index contributed by atoms with van der Waals surface area (Å²) in [4.78, 5) is 24.7. The number of likely N-dealkylation sites (tertiary alicyclic amines) is 1. The lowest BCUT2D eigenvalue weighted by Crippen LogP contribution is -2.37. The van der Waals surface area contributed by atoms with Gasteiger partial charge in [-0.2, -0.15) is 0 Å². The average molecular weight is 197 g/mol. The van der Waals surface area contributed by atoms with Crippen LogP contribution in [0.25, 0.3) is 0 Å². The van der Waals surface area contributed by atoms with E-state index in [1.54, 1.807) is 0 Å². The summed E-state index contributed by atoms with van der Waals surface area (Å²) in [6.45, 7) is 4.44. The molecular weight excluding hydrogens is 182 g/mol. The Labute approximate surface area is 82.9 Å². The number of hydrogen-bond acceptors (Lipinski definition) is 3. The van der Waals surface area contributed by atoms with E-state index >= 15 is 0 Å². The van der Waals surface area contributed by atoms with Crippen LogP contribution in [0.5, 0.6) is 0 Å². The molecule has 2 aliphatic rings. The third kappa shape index (κ3) is 1.17. The molecule has 1 saturated heterocycles. The molecule has 0 radical (unpaired) electrons. The van der Waals surface area contributed by atoms with Crippen molar-refractivity contribution in [1.29, 1.82) is 0 Å². The van der Waals surface area contributed by atoms with E-state index < -0.39 is 0 Å². The van der Waals surface area contributed by atoms with E-state index in [1.165, 1.54) is 4.90 Å². The van der Waals surface area contributed by atoms with Gasteiger partial charge in [-0.15, -0.1) is 0 Å². The zero-order valence-electron chi connectivity index (χ0n) is 8.43. The molecule has 1 saturated carbocycles. The van der Waals surface area contributed by atoms with Crippen LogP contribution in [-0.4, -0.2) is 35.0 Å². The number of rotatable bonds is 3. The van der Waals surface area contributed by atoms with E-state index in [0.29, 0.717) is 12.5 Å². The molecule has 0 aromatic heterocycles. The van der Waals surface area contributed by atoms with E-state index in [4.69, 9.17) is 5.11 Å². The topological polar surface area (TPSA) is 57.6 Å². The summed E-state index contributed by atoms with van der Waals surface area (Å²) in [5, 5.41) is 8.89. The van der Waals surface area contributed by atoms with Gasteiger partial charge in [-0.25, -0.2) is 0 Å². The Bertz CT molecular complexity index is 265. The minimum absolute atomic E-state index is 0.0394. The molecule has 14 heavy (non-hydrogen) atoms. The van der Waals surface area contributed by atoms with Crippen molar-refractivity contribution in [2.75, 3.05) is 13.2 Å². The Morgan fingerprint density at radius 1 is 1.29 bits per heavy atom. The number of carbonyl (C=O) groups excluding carboxylic acids is 2. The molecule has 2 atom stereocenters. The van der Waals surface area contributed by atoms with Crippen LogP contribution in [-0.2, 0) is 9.59 Å². The summed E-state index contributed by atoms with van der Waals surface area (Å²) in [7, 11) is 0. The molecule has 78 valence electrons. The normalized spacial score (nSPS) is 35.4. The molecule has 0 aromatic carbocycles. The molecule has 1 N–H and O–H groups in total. The Morgan fingerprint density at radius 3 is 2.14 bits per heavy atom. The van der Waals surface area contributed by atoms with Gasteiger partial charge >= 0.3 is 0 Å². The first kappa shape index (κ1) is 9.65.